The molecular formula is C30H40Br2N4O6. The van der Waals surface area contributed by atoms with Crippen molar-refractivity contribution >= 4 is 44.0 Å². The van der Waals surface area contributed by atoms with Crippen molar-refractivity contribution in [3.63, 3.8) is 0 Å². The highest BCUT2D eigenvalue weighted by molar-refractivity contribution is 9.10. The van der Waals surface area contributed by atoms with E-state index < -0.39 is 23.3 Å². The Morgan fingerprint density at radius 1 is 0.810 bits per heavy atom. The Balaban J connectivity index is 0.000000231. The second-order valence-electron chi connectivity index (χ2n) is 12.6. The summed E-state index contributed by atoms with van der Waals surface area (Å²) in [4.78, 5) is 38.4. The molecule has 0 aliphatic carbocycles. The van der Waals surface area contributed by atoms with Crippen LogP contribution in [0.3, 0.4) is 0 Å². The maximum atomic E-state index is 12.1. The average molecular weight is 712 g/mol. The summed E-state index contributed by atoms with van der Waals surface area (Å²) in [5.41, 5.74) is 7.10. The Kier molecular flexibility index (Phi) is 11.0. The zero-order valence-corrected chi connectivity index (χ0v) is 28.1. The highest BCUT2D eigenvalue weighted by atomic mass is 79.9. The van der Waals surface area contributed by atoms with Crippen LogP contribution in [0.15, 0.2) is 57.5 Å². The third kappa shape index (κ3) is 9.67. The van der Waals surface area contributed by atoms with Crippen molar-refractivity contribution in [2.24, 2.45) is 5.73 Å². The smallest absolute Gasteiger partial charge is 0.410 e. The maximum Gasteiger partial charge on any atom is 0.410 e. The van der Waals surface area contributed by atoms with Crippen LogP contribution in [-0.4, -0.2) is 76.4 Å². The van der Waals surface area contributed by atoms with E-state index in [1.54, 1.807) is 25.7 Å². The number of nitro groups is 1. The van der Waals surface area contributed by atoms with Crippen LogP contribution in [0.4, 0.5) is 9.59 Å². The van der Waals surface area contributed by atoms with Gasteiger partial charge in [0.25, 0.3) is 0 Å². The van der Waals surface area contributed by atoms with Crippen LogP contribution in [0.1, 0.15) is 64.5 Å². The van der Waals surface area contributed by atoms with Crippen LogP contribution >= 0.6 is 31.9 Å². The third-order valence-electron chi connectivity index (χ3n) is 6.78. The number of halogens is 2. The molecule has 0 saturated carbocycles. The summed E-state index contributed by atoms with van der Waals surface area (Å²) in [5, 5.41) is 11.3. The third-order valence-corrected chi connectivity index (χ3v) is 7.77. The summed E-state index contributed by atoms with van der Waals surface area (Å²) in [6, 6.07) is 14.6. The first-order valence-electron chi connectivity index (χ1n) is 13.8. The molecule has 2 aliphatic rings. The van der Waals surface area contributed by atoms with Crippen LogP contribution in [-0.2, 0) is 9.47 Å². The van der Waals surface area contributed by atoms with Gasteiger partial charge in [-0.1, -0.05) is 56.1 Å². The highest BCUT2D eigenvalue weighted by Gasteiger charge is 2.45. The average Bonchev–Trinajstić information content (AvgIpc) is 3.47. The Morgan fingerprint density at radius 3 is 1.67 bits per heavy atom. The number of carbonyl (C=O) groups is 2. The molecule has 0 bridgehead atoms. The van der Waals surface area contributed by atoms with Crippen molar-refractivity contribution in [3.05, 3.63) is 78.7 Å². The largest absolute Gasteiger partial charge is 0.444 e. The van der Waals surface area contributed by atoms with Crippen molar-refractivity contribution < 1.29 is 24.0 Å². The van der Waals surface area contributed by atoms with Crippen molar-refractivity contribution in [3.8, 4) is 0 Å². The molecule has 0 spiro atoms. The summed E-state index contributed by atoms with van der Waals surface area (Å²) in [5.74, 6) is -0.181. The van der Waals surface area contributed by atoms with E-state index in [0.29, 0.717) is 13.1 Å². The fraction of sp³-hybridized carbons (Fsp3) is 0.533. The van der Waals surface area contributed by atoms with Gasteiger partial charge in [-0.15, -0.1) is 0 Å². The van der Waals surface area contributed by atoms with Gasteiger partial charge in [0.2, 0.25) is 6.04 Å². The predicted octanol–water partition coefficient (Wildman–Crippen LogP) is 6.54. The van der Waals surface area contributed by atoms with Gasteiger partial charge in [0, 0.05) is 45.5 Å². The quantitative estimate of drug-likeness (QED) is 0.283. The molecule has 230 valence electrons. The number of nitrogens with two attached hydrogens (primary N) is 1. The molecule has 2 aromatic rings. The highest BCUT2D eigenvalue weighted by Crippen LogP contribution is 2.32. The van der Waals surface area contributed by atoms with E-state index in [0.717, 1.165) is 20.1 Å². The zero-order chi connectivity index (χ0) is 31.4. The van der Waals surface area contributed by atoms with Crippen molar-refractivity contribution in [1.82, 2.24) is 9.80 Å². The molecule has 4 atom stereocenters. The molecule has 2 aliphatic heterocycles. The SMILES string of the molecule is CC(C)(C)OC(=O)N1CC(N)C(c2cccc(Br)c2)C1.CC(C)(C)OC(=O)N1CC(c2cccc(Br)c2)C([N+](=O)[O-])C1. The minimum Gasteiger partial charge on any atom is -0.444 e. The number of likely N-dealkylation sites (tertiary alicyclic amines) is 2. The number of hydrogen-bond acceptors (Lipinski definition) is 7. The molecule has 2 heterocycles. The number of nitrogens with zero attached hydrogens (tertiary/aromatic N) is 3. The van der Waals surface area contributed by atoms with E-state index in [2.05, 4.69) is 37.9 Å². The van der Waals surface area contributed by atoms with Gasteiger partial charge in [0.05, 0.1) is 12.5 Å². The molecule has 0 aromatic heterocycles. The number of rotatable bonds is 3. The normalized spacial score (nSPS) is 22.3. The molecule has 0 radical (unpaired) electrons. The number of benzene rings is 2. The lowest BCUT2D eigenvalue weighted by Gasteiger charge is -2.24. The minimum absolute atomic E-state index is 0.0585. The lowest BCUT2D eigenvalue weighted by Crippen LogP contribution is -2.36. The molecule has 4 rings (SSSR count). The predicted molar refractivity (Wildman–Crippen MR) is 168 cm³/mol. The van der Waals surface area contributed by atoms with E-state index >= 15 is 0 Å². The van der Waals surface area contributed by atoms with Crippen molar-refractivity contribution in [1.29, 1.82) is 0 Å². The number of ether oxygens (including phenoxy) is 2. The zero-order valence-electron chi connectivity index (χ0n) is 24.9. The van der Waals surface area contributed by atoms with Crippen LogP contribution < -0.4 is 5.73 Å². The molecule has 2 fully saturated rings. The van der Waals surface area contributed by atoms with E-state index in [1.165, 1.54) is 4.90 Å². The van der Waals surface area contributed by atoms with Crippen LogP contribution in [0.5, 0.6) is 0 Å². The molecule has 2 N–H and O–H groups in total. The van der Waals surface area contributed by atoms with E-state index in [9.17, 15) is 19.7 Å². The lowest BCUT2D eigenvalue weighted by atomic mass is 9.95. The Bertz CT molecular complexity index is 1280. The number of amides is 2. The van der Waals surface area contributed by atoms with E-state index in [-0.39, 0.29) is 42.0 Å². The summed E-state index contributed by atoms with van der Waals surface area (Å²) in [6.07, 6.45) is -0.790. The molecule has 10 nitrogen and oxygen atoms in total. The van der Waals surface area contributed by atoms with Gasteiger partial charge in [-0.05, 0) is 76.9 Å². The Hall–Kier alpha value is -2.70. The fourth-order valence-electron chi connectivity index (χ4n) is 4.94. The summed E-state index contributed by atoms with van der Waals surface area (Å²) < 4.78 is 12.6. The molecule has 12 heteroatoms. The van der Waals surface area contributed by atoms with Crippen LogP contribution in [0.2, 0.25) is 0 Å². The minimum atomic E-state index is -0.818. The number of hydrogen-bond donors (Lipinski definition) is 1. The fourth-order valence-corrected chi connectivity index (χ4v) is 5.77. The summed E-state index contributed by atoms with van der Waals surface area (Å²) in [7, 11) is 0. The van der Waals surface area contributed by atoms with Crippen LogP contribution in [0, 0.1) is 10.1 Å². The molecule has 2 amide bonds. The second-order valence-corrected chi connectivity index (χ2v) is 14.4. The van der Waals surface area contributed by atoms with Gasteiger partial charge >= 0.3 is 12.2 Å². The van der Waals surface area contributed by atoms with E-state index in [1.807, 2.05) is 63.2 Å². The first-order chi connectivity index (χ1) is 19.4. The van der Waals surface area contributed by atoms with Gasteiger partial charge in [0.15, 0.2) is 0 Å². The monoisotopic (exact) mass is 710 g/mol. The van der Waals surface area contributed by atoms with Gasteiger partial charge in [-0.25, -0.2) is 9.59 Å². The van der Waals surface area contributed by atoms with Gasteiger partial charge < -0.3 is 25.0 Å². The topological polar surface area (TPSA) is 128 Å². The first kappa shape index (κ1) is 33.8. The van der Waals surface area contributed by atoms with Gasteiger partial charge in [-0.3, -0.25) is 10.1 Å². The maximum absolute atomic E-state index is 12.1. The second kappa shape index (κ2) is 13.7. The summed E-state index contributed by atoms with van der Waals surface area (Å²) >= 11 is 6.84. The molecule has 2 saturated heterocycles. The standard InChI is InChI=1S/C15H19BrN2O4.C15H21BrN2O2/c1-15(2,3)22-14(19)17-8-12(13(9-17)18(20)21)10-5-4-6-11(16)7-10;1-15(2,3)20-14(19)18-8-12(13(17)9-18)10-5-4-6-11(16)7-10/h4-7,12-13H,8-9H2,1-3H3;4-7,12-13H,8-9,17H2,1-3H3. The Labute approximate surface area is 264 Å². The molecule has 42 heavy (non-hydrogen) atoms. The van der Waals surface area contributed by atoms with E-state index in [4.69, 9.17) is 15.2 Å². The van der Waals surface area contributed by atoms with Gasteiger partial charge in [-0.2, -0.15) is 0 Å². The number of carbonyl (C=O) groups excluding carboxylic acids is 2. The van der Waals surface area contributed by atoms with Crippen molar-refractivity contribution in [2.45, 2.75) is 76.7 Å². The van der Waals surface area contributed by atoms with Crippen molar-refractivity contribution in [2.75, 3.05) is 26.2 Å². The first-order valence-corrected chi connectivity index (χ1v) is 15.4. The van der Waals surface area contributed by atoms with Gasteiger partial charge in [0.1, 0.15) is 11.2 Å². The molecule has 4 unspecified atom stereocenters. The molecular weight excluding hydrogens is 672 g/mol. The Morgan fingerprint density at radius 2 is 1.24 bits per heavy atom. The lowest BCUT2D eigenvalue weighted by molar-refractivity contribution is -0.520. The molecule has 2 aromatic carbocycles. The van der Waals surface area contributed by atoms with Crippen LogP contribution in [0.25, 0.3) is 0 Å². The summed E-state index contributed by atoms with van der Waals surface area (Å²) in [6.45, 7) is 12.4.